The number of nitrogens with one attached hydrogen (secondary N) is 2. The minimum atomic E-state index is -0.472. The average Bonchev–Trinajstić information content (AvgIpc) is 2.24. The quantitative estimate of drug-likeness (QED) is 0.798. The third-order valence-electron chi connectivity index (χ3n) is 1.90. The second-order valence-corrected chi connectivity index (χ2v) is 4.92. The van der Waals surface area contributed by atoms with Crippen molar-refractivity contribution < 1.29 is 9.53 Å². The molecule has 1 heterocycles. The first kappa shape index (κ1) is 14.2. The molecule has 0 radical (unpaired) electrons. The minimum absolute atomic E-state index is 0.417. The van der Waals surface area contributed by atoms with Crippen molar-refractivity contribution in [1.29, 1.82) is 0 Å². The van der Waals surface area contributed by atoms with Crippen LogP contribution in [0.3, 0.4) is 0 Å². The molecule has 0 atom stereocenters. The van der Waals surface area contributed by atoms with Crippen LogP contribution in [0.5, 0.6) is 0 Å². The number of nitrogens with zero attached hydrogens (tertiary/aromatic N) is 2. The highest BCUT2D eigenvalue weighted by Gasteiger charge is 2.15. The number of hydrogen-bond acceptors (Lipinski definition) is 5. The van der Waals surface area contributed by atoms with Gasteiger partial charge in [0.15, 0.2) is 0 Å². The number of amides is 1. The molecule has 0 bridgehead atoms. The van der Waals surface area contributed by atoms with Gasteiger partial charge in [-0.1, -0.05) is 0 Å². The summed E-state index contributed by atoms with van der Waals surface area (Å²) in [7, 11) is 0. The molecule has 0 aromatic carbocycles. The maximum Gasteiger partial charge on any atom is 0.407 e. The smallest absolute Gasteiger partial charge is 0.407 e. The number of carbonyl (C=O) groups excluding carboxylic acids is 1. The number of hydrogen-bond donors (Lipinski definition) is 2. The maximum atomic E-state index is 11.3. The van der Waals surface area contributed by atoms with Gasteiger partial charge in [-0.05, 0) is 39.8 Å². The second-order valence-electron chi connectivity index (χ2n) is 4.92. The minimum Gasteiger partial charge on any atom is -0.444 e. The first-order valence-corrected chi connectivity index (χ1v) is 5.88. The van der Waals surface area contributed by atoms with Gasteiger partial charge >= 0.3 is 6.09 Å². The van der Waals surface area contributed by atoms with Gasteiger partial charge in [0, 0.05) is 13.1 Å². The van der Waals surface area contributed by atoms with Crippen molar-refractivity contribution in [2.45, 2.75) is 33.3 Å². The fraction of sp³-hybridized carbons (Fsp3) is 0.583. The van der Waals surface area contributed by atoms with Crippen molar-refractivity contribution in [2.24, 2.45) is 0 Å². The van der Waals surface area contributed by atoms with Crippen molar-refractivity contribution in [3.8, 4) is 0 Å². The molecular formula is C12H20N4O2. The molecule has 0 aliphatic heterocycles. The highest BCUT2D eigenvalue weighted by Crippen LogP contribution is 2.06. The van der Waals surface area contributed by atoms with Crippen molar-refractivity contribution >= 4 is 11.9 Å². The lowest BCUT2D eigenvalue weighted by molar-refractivity contribution is 0.0530. The van der Waals surface area contributed by atoms with Crippen molar-refractivity contribution in [3.63, 3.8) is 0 Å². The third-order valence-corrected chi connectivity index (χ3v) is 1.90. The largest absolute Gasteiger partial charge is 0.444 e. The van der Waals surface area contributed by atoms with Crippen LogP contribution in [0, 0.1) is 6.92 Å². The number of anilines is 1. The standard InChI is InChI=1S/C12H20N4O2/c1-9-5-6-10(16-15-9)13-7-8-14-11(17)18-12(2,3)4/h5-6H,7-8H2,1-4H3,(H,13,16)(H,14,17). The Balaban J connectivity index is 2.19. The number of aryl methyl sites for hydroxylation is 1. The van der Waals surface area contributed by atoms with Crippen LogP contribution in [0.25, 0.3) is 0 Å². The number of rotatable bonds is 4. The van der Waals surface area contributed by atoms with Crippen molar-refractivity contribution in [3.05, 3.63) is 17.8 Å². The molecule has 1 rings (SSSR count). The van der Waals surface area contributed by atoms with Crippen LogP contribution in [-0.2, 0) is 4.74 Å². The Morgan fingerprint density at radius 2 is 2.00 bits per heavy atom. The van der Waals surface area contributed by atoms with E-state index in [1.807, 2.05) is 39.8 Å². The molecule has 0 unspecified atom stereocenters. The van der Waals surface area contributed by atoms with E-state index < -0.39 is 11.7 Å². The molecule has 0 saturated heterocycles. The van der Waals surface area contributed by atoms with Crippen LogP contribution in [-0.4, -0.2) is 35.0 Å². The fourth-order valence-corrected chi connectivity index (χ4v) is 1.16. The first-order chi connectivity index (χ1) is 8.37. The molecular weight excluding hydrogens is 232 g/mol. The molecule has 0 aliphatic rings. The van der Waals surface area contributed by atoms with Crippen LogP contribution in [0.4, 0.5) is 10.6 Å². The molecule has 6 nitrogen and oxygen atoms in total. The summed E-state index contributed by atoms with van der Waals surface area (Å²) in [5, 5.41) is 13.6. The molecule has 0 spiro atoms. The number of alkyl carbamates (subject to hydrolysis) is 1. The van der Waals surface area contributed by atoms with E-state index in [9.17, 15) is 4.79 Å². The van der Waals surface area contributed by atoms with E-state index in [1.54, 1.807) is 0 Å². The van der Waals surface area contributed by atoms with E-state index in [0.717, 1.165) is 5.69 Å². The zero-order chi connectivity index (χ0) is 13.6. The van der Waals surface area contributed by atoms with Gasteiger partial charge in [0.1, 0.15) is 11.4 Å². The predicted molar refractivity (Wildman–Crippen MR) is 69.5 cm³/mol. The molecule has 0 fully saturated rings. The summed E-state index contributed by atoms with van der Waals surface area (Å²) >= 11 is 0. The highest BCUT2D eigenvalue weighted by molar-refractivity contribution is 5.67. The maximum absolute atomic E-state index is 11.3. The van der Waals surface area contributed by atoms with E-state index in [-0.39, 0.29) is 0 Å². The van der Waals surface area contributed by atoms with E-state index in [1.165, 1.54) is 0 Å². The lowest BCUT2D eigenvalue weighted by Gasteiger charge is -2.19. The number of aromatic nitrogens is 2. The summed E-state index contributed by atoms with van der Waals surface area (Å²) in [4.78, 5) is 11.3. The Morgan fingerprint density at radius 1 is 1.28 bits per heavy atom. The van der Waals surface area contributed by atoms with E-state index >= 15 is 0 Å². The Bertz CT molecular complexity index is 384. The van der Waals surface area contributed by atoms with Gasteiger partial charge in [0.05, 0.1) is 5.69 Å². The molecule has 1 amide bonds. The molecule has 1 aromatic rings. The van der Waals surface area contributed by atoms with Gasteiger partial charge in [-0.15, -0.1) is 5.10 Å². The molecule has 100 valence electrons. The SMILES string of the molecule is Cc1ccc(NCCNC(=O)OC(C)(C)C)nn1. The van der Waals surface area contributed by atoms with Crippen LogP contribution in [0.2, 0.25) is 0 Å². The fourth-order valence-electron chi connectivity index (χ4n) is 1.16. The summed E-state index contributed by atoms with van der Waals surface area (Å²) in [5.74, 6) is 0.687. The lowest BCUT2D eigenvalue weighted by atomic mass is 10.2. The Labute approximate surface area is 107 Å². The van der Waals surface area contributed by atoms with E-state index in [0.29, 0.717) is 18.9 Å². The molecule has 1 aromatic heterocycles. The number of carbonyl (C=O) groups is 1. The normalized spacial score (nSPS) is 10.9. The Hall–Kier alpha value is -1.85. The average molecular weight is 252 g/mol. The Morgan fingerprint density at radius 3 is 2.56 bits per heavy atom. The third kappa shape index (κ3) is 6.03. The van der Waals surface area contributed by atoms with Gasteiger partial charge in [-0.3, -0.25) is 0 Å². The van der Waals surface area contributed by atoms with Gasteiger partial charge in [-0.25, -0.2) is 4.79 Å². The van der Waals surface area contributed by atoms with Gasteiger partial charge < -0.3 is 15.4 Å². The zero-order valence-corrected chi connectivity index (χ0v) is 11.3. The van der Waals surface area contributed by atoms with Crippen LogP contribution >= 0.6 is 0 Å². The zero-order valence-electron chi connectivity index (χ0n) is 11.3. The van der Waals surface area contributed by atoms with Crippen LogP contribution in [0.1, 0.15) is 26.5 Å². The van der Waals surface area contributed by atoms with E-state index in [4.69, 9.17) is 4.74 Å². The molecule has 6 heteroatoms. The first-order valence-electron chi connectivity index (χ1n) is 5.88. The topological polar surface area (TPSA) is 76.1 Å². The lowest BCUT2D eigenvalue weighted by Crippen LogP contribution is -2.35. The van der Waals surface area contributed by atoms with Crippen molar-refractivity contribution in [1.82, 2.24) is 15.5 Å². The molecule has 0 saturated carbocycles. The van der Waals surface area contributed by atoms with Gasteiger partial charge in [0.2, 0.25) is 0 Å². The Kier molecular flexibility index (Phi) is 4.88. The number of ether oxygens (including phenoxy) is 1. The van der Waals surface area contributed by atoms with Crippen LogP contribution in [0.15, 0.2) is 12.1 Å². The van der Waals surface area contributed by atoms with E-state index in [2.05, 4.69) is 20.8 Å². The molecule has 18 heavy (non-hydrogen) atoms. The molecule has 0 aliphatic carbocycles. The summed E-state index contributed by atoms with van der Waals surface area (Å²) in [6, 6.07) is 3.71. The summed E-state index contributed by atoms with van der Waals surface area (Å²) < 4.78 is 5.10. The summed E-state index contributed by atoms with van der Waals surface area (Å²) in [6.07, 6.45) is -0.417. The summed E-state index contributed by atoms with van der Waals surface area (Å²) in [6.45, 7) is 8.38. The second kappa shape index (κ2) is 6.18. The monoisotopic (exact) mass is 252 g/mol. The molecule has 2 N–H and O–H groups in total. The van der Waals surface area contributed by atoms with Gasteiger partial charge in [0.25, 0.3) is 0 Å². The van der Waals surface area contributed by atoms with Crippen LogP contribution < -0.4 is 10.6 Å². The summed E-state index contributed by atoms with van der Waals surface area (Å²) in [5.41, 5.74) is 0.396. The van der Waals surface area contributed by atoms with Gasteiger partial charge in [-0.2, -0.15) is 5.10 Å². The van der Waals surface area contributed by atoms with Crippen molar-refractivity contribution in [2.75, 3.05) is 18.4 Å². The predicted octanol–water partition coefficient (Wildman–Crippen LogP) is 1.72. The highest BCUT2D eigenvalue weighted by atomic mass is 16.6.